The summed E-state index contributed by atoms with van der Waals surface area (Å²) in [5.41, 5.74) is 1.70. The molecule has 0 unspecified atom stereocenters. The van der Waals surface area contributed by atoms with E-state index in [4.69, 9.17) is 4.74 Å². The standard InChI is InChI=1S/C26H35N3O3/c1-25(2)16-21(17-26(3,4)29-25)27-23(30)22(15-19-11-7-5-8-12-19)28-24(31)32-18-20-13-9-6-10-14-20/h5-14,21-22,29H,15-18H2,1-4H3,(H,27,30)(H,28,31)/t22-/m0/s1. The third kappa shape index (κ3) is 7.38. The quantitative estimate of drug-likeness (QED) is 0.613. The van der Waals surface area contributed by atoms with Crippen molar-refractivity contribution in [3.8, 4) is 0 Å². The van der Waals surface area contributed by atoms with Gasteiger partial charge in [-0.05, 0) is 51.7 Å². The van der Waals surface area contributed by atoms with E-state index in [1.54, 1.807) is 0 Å². The van der Waals surface area contributed by atoms with Crippen molar-refractivity contribution in [1.29, 1.82) is 0 Å². The van der Waals surface area contributed by atoms with E-state index in [9.17, 15) is 9.59 Å². The Labute approximate surface area is 191 Å². The zero-order valence-electron chi connectivity index (χ0n) is 19.5. The number of ether oxygens (including phenoxy) is 1. The average molecular weight is 438 g/mol. The second-order valence-electron chi connectivity index (χ2n) is 9.95. The lowest BCUT2D eigenvalue weighted by Gasteiger charge is -2.46. The Balaban J connectivity index is 1.66. The van der Waals surface area contributed by atoms with E-state index in [2.05, 4.69) is 43.6 Å². The van der Waals surface area contributed by atoms with Gasteiger partial charge in [-0.1, -0.05) is 60.7 Å². The minimum absolute atomic E-state index is 0.0224. The normalized spacial score (nSPS) is 18.4. The maximum Gasteiger partial charge on any atom is 0.408 e. The lowest BCUT2D eigenvalue weighted by atomic mass is 9.79. The van der Waals surface area contributed by atoms with Crippen LogP contribution < -0.4 is 16.0 Å². The van der Waals surface area contributed by atoms with Crippen molar-refractivity contribution in [1.82, 2.24) is 16.0 Å². The van der Waals surface area contributed by atoms with Crippen LogP contribution in [0, 0.1) is 0 Å². The Hall–Kier alpha value is -2.86. The lowest BCUT2D eigenvalue weighted by molar-refractivity contribution is -0.124. The van der Waals surface area contributed by atoms with E-state index in [-0.39, 0.29) is 29.6 Å². The van der Waals surface area contributed by atoms with Crippen LogP contribution in [0.25, 0.3) is 0 Å². The fourth-order valence-electron chi connectivity index (χ4n) is 4.69. The number of benzene rings is 2. The molecule has 1 saturated heterocycles. The maximum atomic E-state index is 13.2. The van der Waals surface area contributed by atoms with Crippen LogP contribution in [0.5, 0.6) is 0 Å². The number of amides is 2. The summed E-state index contributed by atoms with van der Waals surface area (Å²) in [4.78, 5) is 25.7. The van der Waals surface area contributed by atoms with E-state index in [0.29, 0.717) is 6.42 Å². The first kappa shape index (κ1) is 23.8. The minimum Gasteiger partial charge on any atom is -0.445 e. The molecule has 2 aromatic rings. The molecule has 0 aromatic heterocycles. The van der Waals surface area contributed by atoms with Crippen molar-refractivity contribution < 1.29 is 14.3 Å². The first-order valence-electron chi connectivity index (χ1n) is 11.2. The van der Waals surface area contributed by atoms with Crippen LogP contribution >= 0.6 is 0 Å². The molecule has 3 N–H and O–H groups in total. The number of nitrogens with one attached hydrogen (secondary N) is 3. The fraction of sp³-hybridized carbons (Fsp3) is 0.462. The van der Waals surface area contributed by atoms with Gasteiger partial charge in [-0.25, -0.2) is 4.79 Å². The summed E-state index contributed by atoms with van der Waals surface area (Å²) in [5.74, 6) is -0.191. The molecular weight excluding hydrogens is 402 g/mol. The van der Waals surface area contributed by atoms with Crippen LogP contribution in [0.1, 0.15) is 51.7 Å². The van der Waals surface area contributed by atoms with Gasteiger partial charge in [0.1, 0.15) is 12.6 Å². The predicted molar refractivity (Wildman–Crippen MR) is 126 cm³/mol. The molecule has 1 aliphatic heterocycles. The molecule has 0 spiro atoms. The number of hydrogen-bond donors (Lipinski definition) is 3. The van der Waals surface area contributed by atoms with E-state index < -0.39 is 12.1 Å². The Morgan fingerprint density at radius 3 is 2.03 bits per heavy atom. The van der Waals surface area contributed by atoms with Crippen molar-refractivity contribution in [2.24, 2.45) is 0 Å². The van der Waals surface area contributed by atoms with Crippen LogP contribution in [0.3, 0.4) is 0 Å². The molecule has 1 atom stereocenters. The second-order valence-corrected chi connectivity index (χ2v) is 9.95. The van der Waals surface area contributed by atoms with Gasteiger partial charge >= 0.3 is 6.09 Å². The van der Waals surface area contributed by atoms with Crippen LogP contribution in [0.4, 0.5) is 4.79 Å². The Kier molecular flexibility index (Phi) is 7.56. The highest BCUT2D eigenvalue weighted by molar-refractivity contribution is 5.86. The average Bonchev–Trinajstić information content (AvgIpc) is 2.71. The molecule has 0 radical (unpaired) electrons. The summed E-state index contributed by atoms with van der Waals surface area (Å²) in [7, 11) is 0. The molecule has 6 heteroatoms. The Morgan fingerprint density at radius 1 is 0.938 bits per heavy atom. The van der Waals surface area contributed by atoms with Gasteiger partial charge in [0.25, 0.3) is 0 Å². The third-order valence-electron chi connectivity index (χ3n) is 5.64. The summed E-state index contributed by atoms with van der Waals surface area (Å²) >= 11 is 0. The van der Waals surface area contributed by atoms with Crippen LogP contribution in [-0.4, -0.2) is 35.2 Å². The van der Waals surface area contributed by atoms with Crippen molar-refractivity contribution in [2.75, 3.05) is 0 Å². The molecule has 2 aromatic carbocycles. The van der Waals surface area contributed by atoms with Gasteiger partial charge < -0.3 is 20.7 Å². The van der Waals surface area contributed by atoms with E-state index in [1.807, 2.05) is 60.7 Å². The number of alkyl carbamates (subject to hydrolysis) is 1. The first-order chi connectivity index (χ1) is 15.1. The van der Waals surface area contributed by atoms with Crippen LogP contribution in [-0.2, 0) is 22.6 Å². The molecule has 172 valence electrons. The van der Waals surface area contributed by atoms with Crippen molar-refractivity contribution in [3.63, 3.8) is 0 Å². The summed E-state index contributed by atoms with van der Waals surface area (Å²) in [6.45, 7) is 8.74. The van der Waals surface area contributed by atoms with Crippen molar-refractivity contribution in [3.05, 3.63) is 71.8 Å². The highest BCUT2D eigenvalue weighted by Crippen LogP contribution is 2.28. The van der Waals surface area contributed by atoms with E-state index in [1.165, 1.54) is 0 Å². The van der Waals surface area contributed by atoms with Gasteiger partial charge in [-0.3, -0.25) is 4.79 Å². The van der Waals surface area contributed by atoms with Crippen LogP contribution in [0.15, 0.2) is 60.7 Å². The molecule has 6 nitrogen and oxygen atoms in total. The van der Waals surface area contributed by atoms with Gasteiger partial charge in [0.05, 0.1) is 0 Å². The van der Waals surface area contributed by atoms with Gasteiger partial charge in [-0.2, -0.15) is 0 Å². The molecule has 2 amide bonds. The van der Waals surface area contributed by atoms with Crippen molar-refractivity contribution in [2.45, 2.75) is 76.7 Å². The summed E-state index contributed by atoms with van der Waals surface area (Å²) in [6, 6.07) is 18.5. The largest absolute Gasteiger partial charge is 0.445 e. The number of piperidine rings is 1. The van der Waals surface area contributed by atoms with Gasteiger partial charge in [0.15, 0.2) is 0 Å². The topological polar surface area (TPSA) is 79.5 Å². The second kappa shape index (κ2) is 10.2. The summed E-state index contributed by atoms with van der Waals surface area (Å²) < 4.78 is 5.36. The molecule has 32 heavy (non-hydrogen) atoms. The molecular formula is C26H35N3O3. The van der Waals surface area contributed by atoms with Gasteiger partial charge in [0, 0.05) is 23.5 Å². The Bertz CT molecular complexity index is 881. The predicted octanol–water partition coefficient (Wildman–Crippen LogP) is 3.95. The third-order valence-corrected chi connectivity index (χ3v) is 5.64. The smallest absolute Gasteiger partial charge is 0.408 e. The minimum atomic E-state index is -0.721. The Morgan fingerprint density at radius 2 is 1.47 bits per heavy atom. The number of carbonyl (C=O) groups excluding carboxylic acids is 2. The summed E-state index contributed by atoms with van der Waals surface area (Å²) in [5, 5.41) is 9.59. The molecule has 1 aliphatic rings. The van der Waals surface area contributed by atoms with E-state index >= 15 is 0 Å². The number of carbonyl (C=O) groups is 2. The lowest BCUT2D eigenvalue weighted by Crippen LogP contribution is -2.63. The number of rotatable bonds is 7. The molecule has 0 aliphatic carbocycles. The zero-order valence-corrected chi connectivity index (χ0v) is 19.5. The first-order valence-corrected chi connectivity index (χ1v) is 11.2. The van der Waals surface area contributed by atoms with Crippen LogP contribution in [0.2, 0.25) is 0 Å². The fourth-order valence-corrected chi connectivity index (χ4v) is 4.69. The van der Waals surface area contributed by atoms with Gasteiger partial charge in [0.2, 0.25) is 5.91 Å². The number of hydrogen-bond acceptors (Lipinski definition) is 4. The summed E-state index contributed by atoms with van der Waals surface area (Å²) in [6.07, 6.45) is 1.43. The molecule has 3 rings (SSSR count). The monoisotopic (exact) mass is 437 g/mol. The zero-order chi connectivity index (χ0) is 23.2. The molecule has 1 heterocycles. The highest BCUT2D eigenvalue weighted by atomic mass is 16.5. The maximum absolute atomic E-state index is 13.2. The SMILES string of the molecule is CC1(C)CC(NC(=O)[C@H](Cc2ccccc2)NC(=O)OCc2ccccc2)CC(C)(C)N1. The van der Waals surface area contributed by atoms with Gasteiger partial charge in [-0.15, -0.1) is 0 Å². The van der Waals surface area contributed by atoms with E-state index in [0.717, 1.165) is 24.0 Å². The van der Waals surface area contributed by atoms with Crippen molar-refractivity contribution >= 4 is 12.0 Å². The molecule has 1 fully saturated rings. The molecule has 0 bridgehead atoms. The highest BCUT2D eigenvalue weighted by Gasteiger charge is 2.39. The molecule has 0 saturated carbocycles.